The van der Waals surface area contributed by atoms with Crippen molar-refractivity contribution in [2.24, 2.45) is 10.8 Å². The van der Waals surface area contributed by atoms with Gasteiger partial charge in [-0.25, -0.2) is 0 Å². The summed E-state index contributed by atoms with van der Waals surface area (Å²) in [6, 6.07) is 0. The second-order valence-corrected chi connectivity index (χ2v) is 9.86. The predicted molar refractivity (Wildman–Crippen MR) is 118 cm³/mol. The van der Waals surface area contributed by atoms with Crippen LogP contribution in [-0.4, -0.2) is 5.78 Å². The fourth-order valence-electron chi connectivity index (χ4n) is 3.20. The van der Waals surface area contributed by atoms with Gasteiger partial charge in [-0.1, -0.05) is 105 Å². The molecule has 0 atom stereocenters. The molecule has 0 rings (SSSR count). The second kappa shape index (κ2) is 12.5. The standard InChI is InChI=1S/C25H46O/c1-9-11-13-15-17-21(24(3,4)5)19-23(26)20-22(25(6,7)8)18-16-14-12-10-2/h19-20H,9-18H2,1-8H3. The van der Waals surface area contributed by atoms with Gasteiger partial charge >= 0.3 is 0 Å². The Hall–Kier alpha value is -0.850. The van der Waals surface area contributed by atoms with Gasteiger partial charge in [-0.05, 0) is 48.7 Å². The van der Waals surface area contributed by atoms with Crippen molar-refractivity contribution in [1.29, 1.82) is 0 Å². The molecule has 0 aromatic rings. The van der Waals surface area contributed by atoms with Crippen LogP contribution in [0.1, 0.15) is 120 Å². The van der Waals surface area contributed by atoms with Gasteiger partial charge in [-0.2, -0.15) is 0 Å². The van der Waals surface area contributed by atoms with Crippen LogP contribution in [0.2, 0.25) is 0 Å². The molecule has 0 saturated heterocycles. The van der Waals surface area contributed by atoms with E-state index >= 15 is 0 Å². The first kappa shape index (κ1) is 25.1. The summed E-state index contributed by atoms with van der Waals surface area (Å²) in [5.41, 5.74) is 2.74. The Morgan fingerprint density at radius 3 is 1.23 bits per heavy atom. The lowest BCUT2D eigenvalue weighted by atomic mass is 9.80. The van der Waals surface area contributed by atoms with E-state index in [2.05, 4.69) is 55.4 Å². The lowest BCUT2D eigenvalue weighted by molar-refractivity contribution is -0.110. The molecule has 0 aromatic carbocycles. The SMILES string of the molecule is CCCCCCC(=CC(=O)C=C(CCCCCC)C(C)(C)C)C(C)(C)C. The molecule has 0 N–H and O–H groups in total. The van der Waals surface area contributed by atoms with E-state index in [1.165, 1.54) is 62.5 Å². The van der Waals surface area contributed by atoms with E-state index in [-0.39, 0.29) is 16.6 Å². The van der Waals surface area contributed by atoms with E-state index < -0.39 is 0 Å². The van der Waals surface area contributed by atoms with Crippen molar-refractivity contribution < 1.29 is 4.79 Å². The average molecular weight is 363 g/mol. The van der Waals surface area contributed by atoms with Gasteiger partial charge in [0.05, 0.1) is 0 Å². The second-order valence-electron chi connectivity index (χ2n) is 9.86. The van der Waals surface area contributed by atoms with Crippen LogP contribution in [0.5, 0.6) is 0 Å². The van der Waals surface area contributed by atoms with Crippen LogP contribution in [0.15, 0.2) is 23.3 Å². The quantitative estimate of drug-likeness (QED) is 0.251. The molecule has 0 saturated carbocycles. The van der Waals surface area contributed by atoms with Crippen LogP contribution in [0.3, 0.4) is 0 Å². The molecular formula is C25H46O. The first-order chi connectivity index (χ1) is 12.0. The molecule has 0 aromatic heterocycles. The molecule has 0 amide bonds. The van der Waals surface area contributed by atoms with E-state index in [1.807, 2.05) is 12.2 Å². The van der Waals surface area contributed by atoms with Crippen LogP contribution >= 0.6 is 0 Å². The monoisotopic (exact) mass is 362 g/mol. The predicted octanol–water partition coefficient (Wildman–Crippen LogP) is 8.44. The maximum Gasteiger partial charge on any atom is 0.178 e. The van der Waals surface area contributed by atoms with Crippen molar-refractivity contribution in [2.45, 2.75) is 120 Å². The molecule has 0 fully saturated rings. The first-order valence-corrected chi connectivity index (χ1v) is 11.0. The van der Waals surface area contributed by atoms with Crippen molar-refractivity contribution in [3.63, 3.8) is 0 Å². The van der Waals surface area contributed by atoms with Gasteiger partial charge in [-0.3, -0.25) is 4.79 Å². The van der Waals surface area contributed by atoms with Crippen molar-refractivity contribution in [3.8, 4) is 0 Å². The van der Waals surface area contributed by atoms with Gasteiger partial charge in [0.2, 0.25) is 0 Å². The summed E-state index contributed by atoms with van der Waals surface area (Å²) in [7, 11) is 0. The summed E-state index contributed by atoms with van der Waals surface area (Å²) >= 11 is 0. The minimum absolute atomic E-state index is 0.0682. The van der Waals surface area contributed by atoms with E-state index in [4.69, 9.17) is 0 Å². The van der Waals surface area contributed by atoms with Gasteiger partial charge < -0.3 is 0 Å². The highest BCUT2D eigenvalue weighted by Crippen LogP contribution is 2.32. The van der Waals surface area contributed by atoms with E-state index in [9.17, 15) is 4.79 Å². The highest BCUT2D eigenvalue weighted by Gasteiger charge is 2.20. The Morgan fingerprint density at radius 1 is 0.615 bits per heavy atom. The Morgan fingerprint density at radius 2 is 0.962 bits per heavy atom. The maximum atomic E-state index is 12.8. The summed E-state index contributed by atoms with van der Waals surface area (Å²) in [6.45, 7) is 17.8. The minimum Gasteiger partial charge on any atom is -0.290 e. The van der Waals surface area contributed by atoms with Crippen LogP contribution in [0.25, 0.3) is 0 Å². The number of unbranched alkanes of at least 4 members (excludes halogenated alkanes) is 6. The van der Waals surface area contributed by atoms with Crippen molar-refractivity contribution in [2.75, 3.05) is 0 Å². The molecule has 1 heteroatoms. The molecule has 0 radical (unpaired) electrons. The van der Waals surface area contributed by atoms with Crippen LogP contribution in [0.4, 0.5) is 0 Å². The summed E-state index contributed by atoms with van der Waals surface area (Å²) in [5.74, 6) is 0.186. The molecule has 0 aliphatic heterocycles. The zero-order valence-electron chi connectivity index (χ0n) is 19.1. The molecule has 1 nitrogen and oxygen atoms in total. The van der Waals surface area contributed by atoms with E-state index in [0.717, 1.165) is 12.8 Å². The number of hydrogen-bond acceptors (Lipinski definition) is 1. The topological polar surface area (TPSA) is 17.1 Å². The number of rotatable bonds is 12. The molecule has 0 unspecified atom stereocenters. The molecule has 0 spiro atoms. The molecule has 0 bridgehead atoms. The summed E-state index contributed by atoms with van der Waals surface area (Å²) in [6.07, 6.45) is 16.0. The first-order valence-electron chi connectivity index (χ1n) is 11.0. The third-order valence-electron chi connectivity index (χ3n) is 5.16. The molecule has 152 valence electrons. The van der Waals surface area contributed by atoms with Gasteiger partial charge in [0.15, 0.2) is 5.78 Å². The fourth-order valence-corrected chi connectivity index (χ4v) is 3.20. The molecule has 0 heterocycles. The smallest absolute Gasteiger partial charge is 0.178 e. The Labute approximate surface area is 164 Å². The summed E-state index contributed by atoms with van der Waals surface area (Å²) < 4.78 is 0. The Balaban J connectivity index is 5.16. The zero-order chi connectivity index (χ0) is 20.2. The van der Waals surface area contributed by atoms with Crippen LogP contribution in [0, 0.1) is 10.8 Å². The van der Waals surface area contributed by atoms with Crippen molar-refractivity contribution in [3.05, 3.63) is 23.3 Å². The summed E-state index contributed by atoms with van der Waals surface area (Å²) in [5, 5.41) is 0. The largest absolute Gasteiger partial charge is 0.290 e. The zero-order valence-corrected chi connectivity index (χ0v) is 19.1. The lowest BCUT2D eigenvalue weighted by Crippen LogP contribution is -2.13. The lowest BCUT2D eigenvalue weighted by Gasteiger charge is -2.24. The van der Waals surface area contributed by atoms with Crippen molar-refractivity contribution in [1.82, 2.24) is 0 Å². The third kappa shape index (κ3) is 11.7. The Kier molecular flexibility index (Phi) is 12.1. The van der Waals surface area contributed by atoms with Crippen LogP contribution < -0.4 is 0 Å². The van der Waals surface area contributed by atoms with Gasteiger partial charge in [0, 0.05) is 0 Å². The Bertz CT molecular complexity index is 410. The third-order valence-corrected chi connectivity index (χ3v) is 5.16. The maximum absolute atomic E-state index is 12.8. The minimum atomic E-state index is 0.0682. The number of carbonyl (C=O) groups is 1. The average Bonchev–Trinajstić information content (AvgIpc) is 2.51. The van der Waals surface area contributed by atoms with Crippen molar-refractivity contribution >= 4 is 5.78 Å². The number of hydrogen-bond donors (Lipinski definition) is 0. The molecule has 26 heavy (non-hydrogen) atoms. The van der Waals surface area contributed by atoms with Crippen LogP contribution in [-0.2, 0) is 4.79 Å². The van der Waals surface area contributed by atoms with Gasteiger partial charge in [0.25, 0.3) is 0 Å². The fraction of sp³-hybridized carbons (Fsp3) is 0.800. The number of allylic oxidation sites excluding steroid dienone is 4. The number of carbonyl (C=O) groups excluding carboxylic acids is 1. The number of ketones is 1. The molecule has 0 aliphatic carbocycles. The molecule has 0 aliphatic rings. The van der Waals surface area contributed by atoms with Gasteiger partial charge in [0.1, 0.15) is 0 Å². The van der Waals surface area contributed by atoms with E-state index in [1.54, 1.807) is 0 Å². The van der Waals surface area contributed by atoms with Gasteiger partial charge in [-0.15, -0.1) is 0 Å². The summed E-state index contributed by atoms with van der Waals surface area (Å²) in [4.78, 5) is 12.8. The highest BCUT2D eigenvalue weighted by atomic mass is 16.1. The highest BCUT2D eigenvalue weighted by molar-refractivity contribution is 6.00. The normalized spacial score (nSPS) is 14.0. The molecular weight excluding hydrogens is 316 g/mol. The van der Waals surface area contributed by atoms with E-state index in [0.29, 0.717) is 0 Å².